The second-order valence-electron chi connectivity index (χ2n) is 4.75. The number of carbonyl (C=O) groups excluding carboxylic acids is 1. The number of ether oxygens (including phenoxy) is 2. The number of carbonyl (C=O) groups is 1. The first-order valence-corrected chi connectivity index (χ1v) is 8.16. The first-order valence-electron chi connectivity index (χ1n) is 6.72. The van der Waals surface area contributed by atoms with Gasteiger partial charge in [0.1, 0.15) is 0 Å². The van der Waals surface area contributed by atoms with Crippen LogP contribution in [0, 0.1) is 12.3 Å². The molecule has 1 aromatic heterocycles. The Morgan fingerprint density at radius 2 is 2.32 bits per heavy atom. The zero-order valence-corrected chi connectivity index (χ0v) is 13.0. The molecule has 0 aliphatic carbocycles. The number of terminal acetylenes is 1. The lowest BCUT2D eigenvalue weighted by atomic mass is 10.2. The Morgan fingerprint density at radius 3 is 2.91 bits per heavy atom. The number of hydrogen-bond donors (Lipinski definition) is 0. The van der Waals surface area contributed by atoms with Gasteiger partial charge < -0.3 is 13.9 Å². The minimum atomic E-state index is -3.94. The molecule has 0 N–H and O–H groups in total. The molecule has 2 heterocycles. The lowest BCUT2D eigenvalue weighted by Crippen LogP contribution is -2.37. The van der Waals surface area contributed by atoms with Gasteiger partial charge in [-0.15, -0.1) is 6.42 Å². The highest BCUT2D eigenvalue weighted by molar-refractivity contribution is 7.89. The van der Waals surface area contributed by atoms with Crippen LogP contribution in [0.3, 0.4) is 0 Å². The molecule has 22 heavy (non-hydrogen) atoms. The van der Waals surface area contributed by atoms with Gasteiger partial charge in [-0.05, 0) is 25.0 Å². The number of nitrogens with zero attached hydrogens (tertiary/aromatic N) is 1. The lowest BCUT2D eigenvalue weighted by Gasteiger charge is -2.21. The van der Waals surface area contributed by atoms with Crippen LogP contribution in [-0.2, 0) is 19.5 Å². The molecule has 1 fully saturated rings. The molecule has 0 spiro atoms. The van der Waals surface area contributed by atoms with Crippen molar-refractivity contribution < 1.29 is 27.1 Å². The van der Waals surface area contributed by atoms with Crippen molar-refractivity contribution in [3.63, 3.8) is 0 Å². The molecule has 1 atom stereocenters. The molecule has 1 aromatic rings. The monoisotopic (exact) mass is 327 g/mol. The fraction of sp³-hybridized carbons (Fsp3) is 0.500. The molecule has 1 aliphatic heterocycles. The number of methoxy groups -OCH3 is 1. The maximum Gasteiger partial charge on any atom is 0.374 e. The van der Waals surface area contributed by atoms with Crippen LogP contribution in [0.1, 0.15) is 23.4 Å². The van der Waals surface area contributed by atoms with Gasteiger partial charge in [0, 0.05) is 13.2 Å². The Bertz CT molecular complexity index is 666. The van der Waals surface area contributed by atoms with Gasteiger partial charge in [-0.1, -0.05) is 5.92 Å². The number of hydrogen-bond acceptors (Lipinski definition) is 6. The number of rotatable bonds is 6. The van der Waals surface area contributed by atoms with E-state index in [1.165, 1.54) is 19.2 Å². The van der Waals surface area contributed by atoms with Gasteiger partial charge in [-0.25, -0.2) is 13.2 Å². The molecule has 1 aliphatic rings. The van der Waals surface area contributed by atoms with Gasteiger partial charge in [0.2, 0.25) is 10.9 Å². The Hall–Kier alpha value is -1.82. The van der Waals surface area contributed by atoms with Gasteiger partial charge in [0.05, 0.1) is 19.8 Å². The maximum atomic E-state index is 12.6. The second kappa shape index (κ2) is 6.96. The van der Waals surface area contributed by atoms with E-state index in [1.807, 2.05) is 0 Å². The fourth-order valence-corrected chi connectivity index (χ4v) is 3.46. The summed E-state index contributed by atoms with van der Waals surface area (Å²) in [5.74, 6) is 1.39. The lowest BCUT2D eigenvalue weighted by molar-refractivity contribution is 0.0558. The van der Waals surface area contributed by atoms with E-state index >= 15 is 0 Å². The molecule has 1 unspecified atom stereocenters. The normalized spacial score (nSPS) is 18.3. The summed E-state index contributed by atoms with van der Waals surface area (Å²) in [6, 6.07) is 2.46. The standard InChI is InChI=1S/C14H17NO6S/c1-3-8-15(10-11-5-4-9-20-11)22(17,18)13-7-6-12(21-13)14(16)19-2/h1,6-7,11H,4-5,8-10H2,2H3. The first kappa shape index (κ1) is 16.5. The van der Waals surface area contributed by atoms with E-state index < -0.39 is 16.0 Å². The van der Waals surface area contributed by atoms with Gasteiger partial charge in [-0.2, -0.15) is 4.31 Å². The average Bonchev–Trinajstić information content (AvgIpc) is 3.17. The minimum absolute atomic E-state index is 0.101. The van der Waals surface area contributed by atoms with Crippen LogP contribution in [0.4, 0.5) is 0 Å². The molecule has 7 nitrogen and oxygen atoms in total. The largest absolute Gasteiger partial charge is 0.463 e. The molecule has 0 aromatic carbocycles. The Balaban J connectivity index is 2.22. The second-order valence-corrected chi connectivity index (χ2v) is 6.62. The Labute approximate surface area is 129 Å². The summed E-state index contributed by atoms with van der Waals surface area (Å²) < 4.78 is 41.2. The SMILES string of the molecule is C#CCN(CC1CCCO1)S(=O)(=O)c1ccc(C(=O)OC)o1. The van der Waals surface area contributed by atoms with Crippen molar-refractivity contribution in [2.75, 3.05) is 26.8 Å². The smallest absolute Gasteiger partial charge is 0.374 e. The van der Waals surface area contributed by atoms with Crippen molar-refractivity contribution in [2.45, 2.75) is 24.0 Å². The zero-order chi connectivity index (χ0) is 16.2. The van der Waals surface area contributed by atoms with E-state index in [2.05, 4.69) is 10.7 Å². The van der Waals surface area contributed by atoms with Gasteiger partial charge in [0.15, 0.2) is 0 Å². The van der Waals surface area contributed by atoms with Crippen LogP contribution in [0.5, 0.6) is 0 Å². The van der Waals surface area contributed by atoms with Crippen LogP contribution < -0.4 is 0 Å². The molecule has 2 rings (SSSR count). The van der Waals surface area contributed by atoms with Crippen molar-refractivity contribution in [1.82, 2.24) is 4.31 Å². The van der Waals surface area contributed by atoms with Crippen molar-refractivity contribution in [2.24, 2.45) is 0 Å². The molecule has 0 radical (unpaired) electrons. The highest BCUT2D eigenvalue weighted by Gasteiger charge is 2.31. The summed E-state index contributed by atoms with van der Waals surface area (Å²) in [5, 5.41) is -0.346. The van der Waals surface area contributed by atoms with Crippen molar-refractivity contribution in [1.29, 1.82) is 0 Å². The minimum Gasteiger partial charge on any atom is -0.463 e. The number of esters is 1. The highest BCUT2D eigenvalue weighted by Crippen LogP contribution is 2.22. The molecule has 1 saturated heterocycles. The molecule has 0 saturated carbocycles. The van der Waals surface area contributed by atoms with Crippen LogP contribution in [-0.4, -0.2) is 51.6 Å². The number of furan rings is 1. The molecule has 0 amide bonds. The van der Waals surface area contributed by atoms with E-state index in [-0.39, 0.29) is 30.0 Å². The molecular formula is C14H17NO6S. The average molecular weight is 327 g/mol. The fourth-order valence-electron chi connectivity index (χ4n) is 2.16. The highest BCUT2D eigenvalue weighted by atomic mass is 32.2. The summed E-state index contributed by atoms with van der Waals surface area (Å²) in [6.45, 7) is 0.666. The van der Waals surface area contributed by atoms with E-state index in [4.69, 9.17) is 15.6 Å². The predicted octanol–water partition coefficient (Wildman–Crippen LogP) is 0.869. The quantitative estimate of drug-likeness (QED) is 0.569. The summed E-state index contributed by atoms with van der Waals surface area (Å²) in [4.78, 5) is 11.4. The van der Waals surface area contributed by atoms with Crippen LogP contribution in [0.2, 0.25) is 0 Å². The molecule has 8 heteroatoms. The summed E-state index contributed by atoms with van der Waals surface area (Å²) >= 11 is 0. The predicted molar refractivity (Wildman–Crippen MR) is 76.6 cm³/mol. The molecule has 0 bridgehead atoms. The van der Waals surface area contributed by atoms with Gasteiger partial charge in [0.25, 0.3) is 10.0 Å². The third-order valence-electron chi connectivity index (χ3n) is 3.26. The third-order valence-corrected chi connectivity index (χ3v) is 4.95. The summed E-state index contributed by atoms with van der Waals surface area (Å²) in [7, 11) is -2.75. The van der Waals surface area contributed by atoms with Crippen LogP contribution >= 0.6 is 0 Å². The summed E-state index contributed by atoms with van der Waals surface area (Å²) in [6.07, 6.45) is 6.74. The van der Waals surface area contributed by atoms with E-state index in [9.17, 15) is 13.2 Å². The topological polar surface area (TPSA) is 86.0 Å². The first-order chi connectivity index (χ1) is 10.5. The van der Waals surface area contributed by atoms with Gasteiger partial charge >= 0.3 is 5.97 Å². The summed E-state index contributed by atoms with van der Waals surface area (Å²) in [5.41, 5.74) is 0. The maximum absolute atomic E-state index is 12.6. The van der Waals surface area contributed by atoms with Crippen LogP contribution in [0.25, 0.3) is 0 Å². The molecule has 120 valence electrons. The Morgan fingerprint density at radius 1 is 1.55 bits per heavy atom. The zero-order valence-electron chi connectivity index (χ0n) is 12.1. The van der Waals surface area contributed by atoms with Crippen molar-refractivity contribution in [3.05, 3.63) is 17.9 Å². The van der Waals surface area contributed by atoms with Crippen molar-refractivity contribution in [3.8, 4) is 12.3 Å². The van der Waals surface area contributed by atoms with Gasteiger partial charge in [-0.3, -0.25) is 0 Å². The van der Waals surface area contributed by atoms with Crippen LogP contribution in [0.15, 0.2) is 21.6 Å². The van der Waals surface area contributed by atoms with Crippen molar-refractivity contribution >= 4 is 16.0 Å². The van der Waals surface area contributed by atoms with E-state index in [0.29, 0.717) is 6.61 Å². The number of sulfonamides is 1. The van der Waals surface area contributed by atoms with E-state index in [0.717, 1.165) is 17.1 Å². The third kappa shape index (κ3) is 3.50. The van der Waals surface area contributed by atoms with E-state index in [1.54, 1.807) is 0 Å². The molecular weight excluding hydrogens is 310 g/mol. The Kier molecular flexibility index (Phi) is 5.24.